The van der Waals surface area contributed by atoms with Crippen LogP contribution in [0.15, 0.2) is 85.1 Å². The highest BCUT2D eigenvalue weighted by Crippen LogP contribution is 2.15. The van der Waals surface area contributed by atoms with Crippen molar-refractivity contribution >= 4 is 11.9 Å². The molecule has 0 radical (unpaired) electrons. The first-order chi connectivity index (χ1) is 35.6. The lowest BCUT2D eigenvalue weighted by molar-refractivity contribution is -0.163. The van der Waals surface area contributed by atoms with Crippen LogP contribution in [0.25, 0.3) is 0 Å². The van der Waals surface area contributed by atoms with Crippen LogP contribution in [0.5, 0.6) is 0 Å². The molecule has 0 aliphatic rings. The molecule has 0 amide bonds. The summed E-state index contributed by atoms with van der Waals surface area (Å²) in [5.74, 6) is -0.404. The van der Waals surface area contributed by atoms with Gasteiger partial charge in [-0.1, -0.05) is 260 Å². The number of hydrogen-bond acceptors (Lipinski definition) is 5. The molecule has 0 rings (SSSR count). The highest BCUT2D eigenvalue weighted by atomic mass is 16.6. The van der Waals surface area contributed by atoms with Gasteiger partial charge in [-0.25, -0.2) is 0 Å². The summed E-state index contributed by atoms with van der Waals surface area (Å²) < 4.78 is 17.5. The Morgan fingerprint density at radius 1 is 0.319 bits per heavy atom. The molecule has 0 aliphatic heterocycles. The first-order valence-corrected chi connectivity index (χ1v) is 31.1. The van der Waals surface area contributed by atoms with E-state index in [-0.39, 0.29) is 25.2 Å². The van der Waals surface area contributed by atoms with Crippen LogP contribution in [0.1, 0.15) is 303 Å². The van der Waals surface area contributed by atoms with Gasteiger partial charge in [0, 0.05) is 19.4 Å². The molecule has 416 valence electrons. The van der Waals surface area contributed by atoms with Gasteiger partial charge in [-0.2, -0.15) is 0 Å². The van der Waals surface area contributed by atoms with E-state index in [1.807, 2.05) is 0 Å². The van der Waals surface area contributed by atoms with Crippen molar-refractivity contribution in [2.24, 2.45) is 0 Å². The molecule has 0 bridgehead atoms. The Bertz CT molecular complexity index is 1320. The van der Waals surface area contributed by atoms with E-state index in [0.29, 0.717) is 19.4 Å². The molecule has 5 nitrogen and oxygen atoms in total. The van der Waals surface area contributed by atoms with Crippen molar-refractivity contribution in [3.63, 3.8) is 0 Å². The van der Waals surface area contributed by atoms with Gasteiger partial charge in [-0.05, 0) is 116 Å². The van der Waals surface area contributed by atoms with E-state index in [1.165, 1.54) is 193 Å². The molecule has 0 saturated carbocycles. The van der Waals surface area contributed by atoms with Crippen LogP contribution >= 0.6 is 0 Å². The number of carbonyl (C=O) groups is 2. The summed E-state index contributed by atoms with van der Waals surface area (Å²) >= 11 is 0. The molecule has 0 heterocycles. The Labute approximate surface area is 448 Å². The number of esters is 2. The molecule has 0 aliphatic carbocycles. The van der Waals surface area contributed by atoms with Crippen molar-refractivity contribution < 1.29 is 23.8 Å². The van der Waals surface area contributed by atoms with Gasteiger partial charge in [-0.3, -0.25) is 9.59 Å². The van der Waals surface area contributed by atoms with Crippen LogP contribution in [-0.4, -0.2) is 37.9 Å². The Hall–Kier alpha value is -2.92. The molecular weight excluding hydrogens is 885 g/mol. The standard InChI is InChI=1S/C67H118O5/c1-4-7-10-13-16-19-22-25-28-31-33-35-38-41-44-47-50-53-56-59-62-70-63-65(72-67(69)61-58-55-52-49-46-43-40-36-30-27-24-21-18-15-12-9-6-3)64-71-66(68)60-57-54-51-48-45-42-39-37-34-32-29-26-23-20-17-14-11-8-5-2/h7,10,16-17,19-20,25-30,33,35,65H,4-6,8-9,11-15,18,21-24,31-32,34,36-64H2,1-3H3/b10-7-,19-16-,20-17-,28-25-,29-26-,30-27-,35-33-. The fourth-order valence-electron chi connectivity index (χ4n) is 8.76. The summed E-state index contributed by atoms with van der Waals surface area (Å²) in [6.07, 6.45) is 83.2. The van der Waals surface area contributed by atoms with E-state index >= 15 is 0 Å². The van der Waals surface area contributed by atoms with Crippen LogP contribution in [0.4, 0.5) is 0 Å². The monoisotopic (exact) mass is 1000 g/mol. The number of ether oxygens (including phenoxy) is 3. The van der Waals surface area contributed by atoms with Crippen molar-refractivity contribution in [3.05, 3.63) is 85.1 Å². The third-order valence-electron chi connectivity index (χ3n) is 13.4. The molecule has 0 saturated heterocycles. The zero-order chi connectivity index (χ0) is 52.0. The quantitative estimate of drug-likeness (QED) is 0.0345. The lowest BCUT2D eigenvalue weighted by Crippen LogP contribution is -2.30. The maximum absolute atomic E-state index is 12.9. The molecule has 0 fully saturated rings. The van der Waals surface area contributed by atoms with Crippen LogP contribution < -0.4 is 0 Å². The van der Waals surface area contributed by atoms with Gasteiger partial charge in [0.1, 0.15) is 6.61 Å². The van der Waals surface area contributed by atoms with Crippen molar-refractivity contribution in [2.75, 3.05) is 19.8 Å². The fourth-order valence-corrected chi connectivity index (χ4v) is 8.76. The molecule has 0 aromatic carbocycles. The first kappa shape index (κ1) is 69.1. The summed E-state index contributed by atoms with van der Waals surface area (Å²) in [5.41, 5.74) is 0. The fraction of sp³-hybridized carbons (Fsp3) is 0.761. The predicted molar refractivity (Wildman–Crippen MR) is 316 cm³/mol. The van der Waals surface area contributed by atoms with Gasteiger partial charge in [-0.15, -0.1) is 0 Å². The number of unbranched alkanes of at least 4 members (excludes halogenated alkanes) is 32. The lowest BCUT2D eigenvalue weighted by atomic mass is 10.1. The predicted octanol–water partition coefficient (Wildman–Crippen LogP) is 21.6. The third-order valence-corrected chi connectivity index (χ3v) is 13.4. The normalized spacial score (nSPS) is 12.8. The SMILES string of the molecule is CC/C=C\C/C=C\C/C=C\C/C=C\CCCCCCCCCOCC(COC(=O)CCCCCCCCCCC/C=C\C/C=C\CCCCC)OC(=O)CCCCCCCCC/C=C\CCCCCCCC. The van der Waals surface area contributed by atoms with Crippen LogP contribution in [0.3, 0.4) is 0 Å². The van der Waals surface area contributed by atoms with E-state index in [4.69, 9.17) is 14.2 Å². The van der Waals surface area contributed by atoms with Gasteiger partial charge in [0.05, 0.1) is 6.61 Å². The number of hydrogen-bond donors (Lipinski definition) is 0. The van der Waals surface area contributed by atoms with Crippen molar-refractivity contribution in [1.29, 1.82) is 0 Å². The van der Waals surface area contributed by atoms with Gasteiger partial charge < -0.3 is 14.2 Å². The molecule has 72 heavy (non-hydrogen) atoms. The van der Waals surface area contributed by atoms with Gasteiger partial charge in [0.2, 0.25) is 0 Å². The molecule has 0 N–H and O–H groups in total. The van der Waals surface area contributed by atoms with Crippen molar-refractivity contribution in [2.45, 2.75) is 309 Å². The minimum Gasteiger partial charge on any atom is -0.462 e. The molecular formula is C67H118O5. The van der Waals surface area contributed by atoms with E-state index in [0.717, 1.165) is 77.0 Å². The average Bonchev–Trinajstić information content (AvgIpc) is 3.38. The zero-order valence-corrected chi connectivity index (χ0v) is 47.9. The zero-order valence-electron chi connectivity index (χ0n) is 47.9. The topological polar surface area (TPSA) is 61.8 Å². The van der Waals surface area contributed by atoms with Crippen LogP contribution in [0.2, 0.25) is 0 Å². The van der Waals surface area contributed by atoms with Gasteiger partial charge in [0.25, 0.3) is 0 Å². The second-order valence-electron chi connectivity index (χ2n) is 20.6. The van der Waals surface area contributed by atoms with Gasteiger partial charge >= 0.3 is 11.9 Å². The number of carbonyl (C=O) groups excluding carboxylic acids is 2. The molecule has 5 heteroatoms. The Balaban J connectivity index is 4.31. The molecule has 1 atom stereocenters. The maximum atomic E-state index is 12.9. The Morgan fingerprint density at radius 3 is 1.04 bits per heavy atom. The summed E-state index contributed by atoms with van der Waals surface area (Å²) in [7, 11) is 0. The molecule has 0 aromatic heterocycles. The summed E-state index contributed by atoms with van der Waals surface area (Å²) in [6.45, 7) is 7.69. The largest absolute Gasteiger partial charge is 0.462 e. The van der Waals surface area contributed by atoms with Crippen LogP contribution in [0, 0.1) is 0 Å². The third kappa shape index (κ3) is 59.6. The second kappa shape index (κ2) is 62.4. The van der Waals surface area contributed by atoms with Crippen molar-refractivity contribution in [3.8, 4) is 0 Å². The Kier molecular flexibility index (Phi) is 59.8. The van der Waals surface area contributed by atoms with E-state index in [2.05, 4.69) is 106 Å². The molecule has 1 unspecified atom stereocenters. The minimum atomic E-state index is -0.551. The Morgan fingerprint density at radius 2 is 0.625 bits per heavy atom. The lowest BCUT2D eigenvalue weighted by Gasteiger charge is -2.18. The van der Waals surface area contributed by atoms with Crippen molar-refractivity contribution in [1.82, 2.24) is 0 Å². The number of rotatable bonds is 57. The smallest absolute Gasteiger partial charge is 0.306 e. The summed E-state index contributed by atoms with van der Waals surface area (Å²) in [6, 6.07) is 0. The van der Waals surface area contributed by atoms with E-state index < -0.39 is 6.10 Å². The van der Waals surface area contributed by atoms with E-state index in [1.54, 1.807) is 0 Å². The molecule has 0 aromatic rings. The highest BCUT2D eigenvalue weighted by Gasteiger charge is 2.17. The van der Waals surface area contributed by atoms with Gasteiger partial charge in [0.15, 0.2) is 6.10 Å². The molecule has 0 spiro atoms. The average molecular weight is 1000 g/mol. The summed E-state index contributed by atoms with van der Waals surface area (Å²) in [5, 5.41) is 0. The first-order valence-electron chi connectivity index (χ1n) is 31.1. The highest BCUT2D eigenvalue weighted by molar-refractivity contribution is 5.70. The second-order valence-corrected chi connectivity index (χ2v) is 20.6. The minimum absolute atomic E-state index is 0.0751. The van der Waals surface area contributed by atoms with E-state index in [9.17, 15) is 9.59 Å². The number of allylic oxidation sites excluding steroid dienone is 14. The van der Waals surface area contributed by atoms with Crippen LogP contribution in [-0.2, 0) is 23.8 Å². The summed E-state index contributed by atoms with van der Waals surface area (Å²) in [4.78, 5) is 25.6. The maximum Gasteiger partial charge on any atom is 0.306 e.